The summed E-state index contributed by atoms with van der Waals surface area (Å²) >= 11 is 74.5. The van der Waals surface area contributed by atoms with E-state index in [4.69, 9.17) is 139 Å². The second-order valence-electron chi connectivity index (χ2n) is 7.77. The number of alkyl halides is 12. The average molecular weight is 753 g/mol. The number of fused-ring (bicyclic) bond motifs is 1. The summed E-state index contributed by atoms with van der Waals surface area (Å²) < 4.78 is -7.80. The van der Waals surface area contributed by atoms with Crippen molar-refractivity contribution in [3.8, 4) is 22.5 Å². The molecule has 4 rings (SSSR count). The first-order valence-corrected chi connectivity index (χ1v) is 14.6. The molecule has 0 radical (unpaired) electrons. The van der Waals surface area contributed by atoms with Gasteiger partial charge in [-0.2, -0.15) is 0 Å². The van der Waals surface area contributed by atoms with Crippen LogP contribution in [0.1, 0.15) is 22.8 Å². The molecule has 4 aromatic rings. The third-order valence-electron chi connectivity index (χ3n) is 5.22. The molecule has 3 aromatic carbocycles. The van der Waals surface area contributed by atoms with Crippen molar-refractivity contribution in [3.63, 3.8) is 0 Å². The Morgan fingerprint density at radius 1 is 0.500 bits per heavy atom. The molecule has 38 heavy (non-hydrogen) atoms. The Bertz CT molecular complexity index is 1470. The molecule has 0 aliphatic heterocycles. The second-order valence-corrected chi connectivity index (χ2v) is 16.9. The van der Waals surface area contributed by atoms with Gasteiger partial charge in [-0.1, -0.05) is 182 Å². The van der Waals surface area contributed by atoms with Crippen LogP contribution in [0.5, 0.6) is 0 Å². The molecule has 0 N–H and O–H groups in total. The van der Waals surface area contributed by atoms with Crippen LogP contribution in [-0.4, -0.2) is 15.0 Å². The van der Waals surface area contributed by atoms with Gasteiger partial charge in [-0.25, -0.2) is 15.0 Å². The van der Waals surface area contributed by atoms with Crippen LogP contribution in [0.15, 0.2) is 54.6 Å². The van der Waals surface area contributed by atoms with Crippen LogP contribution in [0.25, 0.3) is 33.3 Å². The van der Waals surface area contributed by atoms with Gasteiger partial charge in [0.05, 0.1) is 0 Å². The molecule has 15 heteroatoms. The fourth-order valence-electron chi connectivity index (χ4n) is 3.66. The van der Waals surface area contributed by atoms with Gasteiger partial charge in [-0.15, -0.1) is 0 Å². The predicted molar refractivity (Wildman–Crippen MR) is 165 cm³/mol. The molecule has 0 aliphatic rings. The zero-order chi connectivity index (χ0) is 28.3. The van der Waals surface area contributed by atoms with Crippen LogP contribution in [0, 0.1) is 0 Å². The molecule has 0 bridgehead atoms. The standard InChI is InChI=1S/C23H9Cl12N3/c24-20(25,26)11-6-7-12-14(8-11)15(21(27,28)29)9-13(10-4-2-1-3-5-10)16(12)17-36-18(22(30,31)32)38-19(37-17)23(33,34)35/h1-9H. The van der Waals surface area contributed by atoms with Crippen LogP contribution in [0.3, 0.4) is 0 Å². The summed E-state index contributed by atoms with van der Waals surface area (Å²) in [5.41, 5.74) is 2.32. The molecule has 0 saturated carbocycles. The first-order chi connectivity index (χ1) is 17.4. The molecule has 3 nitrogen and oxygen atoms in total. The van der Waals surface area contributed by atoms with Gasteiger partial charge < -0.3 is 0 Å². The smallest absolute Gasteiger partial charge is 0.209 e. The molecule has 0 spiro atoms. The maximum atomic E-state index is 6.42. The van der Waals surface area contributed by atoms with Crippen LogP contribution in [0.2, 0.25) is 0 Å². The lowest BCUT2D eigenvalue weighted by Crippen LogP contribution is -2.17. The maximum Gasteiger partial charge on any atom is 0.250 e. The third kappa shape index (κ3) is 6.89. The fourth-order valence-corrected chi connectivity index (χ4v) is 4.99. The zero-order valence-corrected chi connectivity index (χ0v) is 27.1. The fraction of sp³-hybridized carbons (Fsp3) is 0.174. The normalized spacial score (nSPS) is 13.3. The number of hydrogen-bond acceptors (Lipinski definition) is 3. The van der Waals surface area contributed by atoms with Crippen molar-refractivity contribution in [2.45, 2.75) is 15.2 Å². The van der Waals surface area contributed by atoms with E-state index in [-0.39, 0.29) is 17.5 Å². The minimum absolute atomic E-state index is 0.0176. The van der Waals surface area contributed by atoms with Gasteiger partial charge in [0.2, 0.25) is 15.2 Å². The third-order valence-corrected chi connectivity index (χ3v) is 7.50. The first-order valence-electron chi connectivity index (χ1n) is 10.1. The summed E-state index contributed by atoms with van der Waals surface area (Å²) in [6.07, 6.45) is 0. The highest BCUT2D eigenvalue weighted by Gasteiger charge is 2.36. The van der Waals surface area contributed by atoms with Gasteiger partial charge in [0.25, 0.3) is 0 Å². The summed E-state index contributed by atoms with van der Waals surface area (Å²) in [7, 11) is 0. The van der Waals surface area contributed by atoms with Gasteiger partial charge in [0, 0.05) is 16.7 Å². The number of aromatic nitrogens is 3. The van der Waals surface area contributed by atoms with E-state index >= 15 is 0 Å². The highest BCUT2D eigenvalue weighted by molar-refractivity contribution is 6.68. The lowest BCUT2D eigenvalue weighted by Gasteiger charge is -2.23. The minimum Gasteiger partial charge on any atom is -0.209 e. The SMILES string of the molecule is ClC(Cl)(Cl)c1ccc2c(-c3nc(C(Cl)(Cl)Cl)nc(C(Cl)(Cl)Cl)n3)c(-c3ccccc3)cc(C(Cl)(Cl)Cl)c2c1. The Balaban J connectivity index is 2.23. The van der Waals surface area contributed by atoms with Crippen molar-refractivity contribution in [3.05, 3.63) is 77.4 Å². The molecule has 0 unspecified atom stereocenters. The van der Waals surface area contributed by atoms with E-state index in [1.165, 1.54) is 0 Å². The number of benzene rings is 3. The summed E-state index contributed by atoms with van der Waals surface area (Å²) in [5.74, 6) is -0.530. The molecular weight excluding hydrogens is 744 g/mol. The number of hydrogen-bond donors (Lipinski definition) is 0. The van der Waals surface area contributed by atoms with Crippen LogP contribution in [-0.2, 0) is 15.2 Å². The zero-order valence-electron chi connectivity index (χ0n) is 18.1. The molecule has 1 heterocycles. The van der Waals surface area contributed by atoms with Gasteiger partial charge in [-0.3, -0.25) is 0 Å². The van der Waals surface area contributed by atoms with E-state index in [1.807, 2.05) is 30.3 Å². The number of halogens is 12. The molecular formula is C23H9Cl12N3. The second kappa shape index (κ2) is 11.2. The lowest BCUT2D eigenvalue weighted by molar-refractivity contribution is 0.852. The molecule has 200 valence electrons. The van der Waals surface area contributed by atoms with Gasteiger partial charge in [0.15, 0.2) is 17.5 Å². The van der Waals surface area contributed by atoms with Crippen LogP contribution in [0.4, 0.5) is 0 Å². The lowest BCUT2D eigenvalue weighted by atomic mass is 9.90. The first kappa shape index (κ1) is 31.3. The van der Waals surface area contributed by atoms with Crippen molar-refractivity contribution in [2.24, 2.45) is 0 Å². The van der Waals surface area contributed by atoms with Crippen molar-refractivity contribution in [1.29, 1.82) is 0 Å². The molecule has 1 aromatic heterocycles. The van der Waals surface area contributed by atoms with E-state index in [9.17, 15) is 0 Å². The summed E-state index contributed by atoms with van der Waals surface area (Å²) in [4.78, 5) is 12.9. The van der Waals surface area contributed by atoms with E-state index in [1.54, 1.807) is 24.3 Å². The average Bonchev–Trinajstić information content (AvgIpc) is 2.80. The number of rotatable bonds is 2. The van der Waals surface area contributed by atoms with E-state index in [0.29, 0.717) is 33.0 Å². The van der Waals surface area contributed by atoms with Crippen molar-refractivity contribution in [1.82, 2.24) is 15.0 Å². The van der Waals surface area contributed by atoms with Crippen molar-refractivity contribution in [2.75, 3.05) is 0 Å². The molecule has 0 saturated heterocycles. The largest absolute Gasteiger partial charge is 0.250 e. The highest BCUT2D eigenvalue weighted by Crippen LogP contribution is 2.50. The Morgan fingerprint density at radius 2 is 1.05 bits per heavy atom. The molecule has 0 fully saturated rings. The Hall–Kier alpha value is 0.410. The van der Waals surface area contributed by atoms with Crippen molar-refractivity contribution < 1.29 is 0 Å². The Labute approximate surface area is 277 Å². The molecule has 0 amide bonds. The van der Waals surface area contributed by atoms with E-state index in [0.717, 1.165) is 5.56 Å². The van der Waals surface area contributed by atoms with Gasteiger partial charge >= 0.3 is 0 Å². The van der Waals surface area contributed by atoms with Crippen LogP contribution >= 0.6 is 139 Å². The highest BCUT2D eigenvalue weighted by atomic mass is 35.6. The van der Waals surface area contributed by atoms with Gasteiger partial charge in [-0.05, 0) is 34.0 Å². The summed E-state index contributed by atoms with van der Waals surface area (Å²) in [6.45, 7) is 0. The predicted octanol–water partition coefficient (Wildman–Crippen LogP) is 11.7. The van der Waals surface area contributed by atoms with E-state index < -0.39 is 15.2 Å². The van der Waals surface area contributed by atoms with E-state index in [2.05, 4.69) is 15.0 Å². The van der Waals surface area contributed by atoms with Crippen molar-refractivity contribution >= 4 is 150 Å². The quantitative estimate of drug-likeness (QED) is 0.191. The van der Waals surface area contributed by atoms with Crippen LogP contribution < -0.4 is 0 Å². The monoisotopic (exact) mass is 747 g/mol. The Morgan fingerprint density at radius 3 is 1.53 bits per heavy atom. The minimum atomic E-state index is -2.08. The molecule has 0 aliphatic carbocycles. The van der Waals surface area contributed by atoms with Gasteiger partial charge in [0.1, 0.15) is 0 Å². The number of nitrogens with zero attached hydrogens (tertiary/aromatic N) is 3. The summed E-state index contributed by atoms with van der Waals surface area (Å²) in [6, 6.07) is 15.7. The Kier molecular flexibility index (Phi) is 9.28. The maximum absolute atomic E-state index is 6.42. The summed E-state index contributed by atoms with van der Waals surface area (Å²) in [5, 5.41) is 0.928. The topological polar surface area (TPSA) is 38.7 Å². The molecule has 0 atom stereocenters.